The van der Waals surface area contributed by atoms with Crippen molar-refractivity contribution in [1.29, 1.82) is 0 Å². The zero-order valence-corrected chi connectivity index (χ0v) is 31.6. The molecule has 9 aromatic carbocycles. The first-order chi connectivity index (χ1) is 28.3. The molecule has 5 heterocycles. The third-order valence-electron chi connectivity index (χ3n) is 13.4. The Balaban J connectivity index is 1.24. The van der Waals surface area contributed by atoms with Crippen LogP contribution in [0.5, 0.6) is 0 Å². The van der Waals surface area contributed by atoms with Gasteiger partial charge in [-0.2, -0.15) is 0 Å². The molecule has 2 nitrogen and oxygen atoms in total. The number of fused-ring (bicyclic) bond motifs is 15. The number of rotatable bonds is 2. The summed E-state index contributed by atoms with van der Waals surface area (Å²) in [6.07, 6.45) is 0. The summed E-state index contributed by atoms with van der Waals surface area (Å²) >= 11 is 1.92. The lowest BCUT2D eigenvalue weighted by Gasteiger charge is -2.50. The molecule has 0 aliphatic carbocycles. The second kappa shape index (κ2) is 10.7. The largest absolute Gasteiger partial charge is 0.375 e. The summed E-state index contributed by atoms with van der Waals surface area (Å²) in [4.78, 5) is 2.69. The first kappa shape index (κ1) is 30.4. The zero-order chi connectivity index (χ0) is 37.0. The van der Waals surface area contributed by atoms with Gasteiger partial charge in [-0.15, -0.1) is 11.3 Å². The fourth-order valence-corrected chi connectivity index (χ4v) is 12.5. The van der Waals surface area contributed by atoms with Gasteiger partial charge >= 0.3 is 6.85 Å². The van der Waals surface area contributed by atoms with Gasteiger partial charge < -0.3 is 9.38 Å². The van der Waals surface area contributed by atoms with Gasteiger partial charge in [-0.1, -0.05) is 164 Å². The van der Waals surface area contributed by atoms with Crippen LogP contribution in [0, 0.1) is 0 Å². The van der Waals surface area contributed by atoms with E-state index in [0.29, 0.717) is 0 Å². The molecule has 3 aliphatic rings. The van der Waals surface area contributed by atoms with Crippen LogP contribution in [0.25, 0.3) is 63.9 Å². The monoisotopic (exact) mass is 738 g/mol. The summed E-state index contributed by atoms with van der Waals surface area (Å²) in [7, 11) is 0. The Morgan fingerprint density at radius 1 is 0.474 bits per heavy atom. The second-order valence-electron chi connectivity index (χ2n) is 15.9. The average Bonchev–Trinajstić information content (AvgIpc) is 3.83. The highest BCUT2D eigenvalue weighted by Gasteiger charge is 2.52. The van der Waals surface area contributed by atoms with E-state index in [1.165, 1.54) is 114 Å². The van der Waals surface area contributed by atoms with Gasteiger partial charge in [0.05, 0.1) is 16.8 Å². The van der Waals surface area contributed by atoms with Gasteiger partial charge in [0.2, 0.25) is 0 Å². The fraction of sp³-hybridized carbons (Fsp3) is 0.0189. The predicted octanol–water partition coefficient (Wildman–Crippen LogP) is 12.4. The van der Waals surface area contributed by atoms with Gasteiger partial charge in [0.1, 0.15) is 0 Å². The molecule has 0 saturated heterocycles. The van der Waals surface area contributed by atoms with E-state index in [1.54, 1.807) is 0 Å². The van der Waals surface area contributed by atoms with Crippen molar-refractivity contribution in [2.45, 2.75) is 5.41 Å². The first-order valence-corrected chi connectivity index (χ1v) is 20.7. The number of aromatic nitrogens is 1. The van der Waals surface area contributed by atoms with Crippen LogP contribution in [0.2, 0.25) is 0 Å². The van der Waals surface area contributed by atoms with Crippen molar-refractivity contribution in [3.05, 3.63) is 210 Å². The Bertz CT molecular complexity index is 3500. The molecule has 0 fully saturated rings. The zero-order valence-electron chi connectivity index (χ0n) is 30.8. The quantitative estimate of drug-likeness (QED) is 0.160. The Morgan fingerprint density at radius 3 is 2.00 bits per heavy atom. The molecule has 4 heteroatoms. The third-order valence-corrected chi connectivity index (χ3v) is 14.5. The van der Waals surface area contributed by atoms with Crippen molar-refractivity contribution in [1.82, 2.24) is 4.48 Å². The lowest BCUT2D eigenvalue weighted by molar-refractivity contribution is 0.732. The smallest absolute Gasteiger partial charge is 0.333 e. The van der Waals surface area contributed by atoms with Gasteiger partial charge in [-0.3, -0.25) is 0 Å². The minimum absolute atomic E-state index is 0.0465. The lowest BCUT2D eigenvalue weighted by atomic mass is 9.43. The molecule has 0 spiro atoms. The third kappa shape index (κ3) is 3.56. The number of thiophene rings is 1. The van der Waals surface area contributed by atoms with Crippen LogP contribution in [-0.4, -0.2) is 11.3 Å². The fourth-order valence-electron chi connectivity index (χ4n) is 11.4. The normalized spacial score (nSPS) is 14.4. The highest BCUT2D eigenvalue weighted by atomic mass is 32.1. The maximum Gasteiger partial charge on any atom is 0.333 e. The molecule has 11 aromatic rings. The maximum atomic E-state index is 2.72. The molecule has 57 heavy (non-hydrogen) atoms. The highest BCUT2D eigenvalue weighted by molar-refractivity contribution is 7.26. The minimum atomic E-state index is -0.553. The molecule has 262 valence electrons. The van der Waals surface area contributed by atoms with E-state index < -0.39 is 5.41 Å². The first-order valence-electron chi connectivity index (χ1n) is 19.9. The number of hydrogen-bond donors (Lipinski definition) is 0. The topological polar surface area (TPSA) is 8.17 Å². The molecule has 2 aromatic heterocycles. The highest BCUT2D eigenvalue weighted by Crippen LogP contribution is 2.60. The van der Waals surface area contributed by atoms with Gasteiger partial charge in [-0.05, 0) is 73.8 Å². The van der Waals surface area contributed by atoms with Gasteiger partial charge in [0.25, 0.3) is 0 Å². The average molecular weight is 739 g/mol. The maximum absolute atomic E-state index is 2.72. The van der Waals surface area contributed by atoms with Crippen LogP contribution in [0.1, 0.15) is 22.3 Å². The number of anilines is 3. The van der Waals surface area contributed by atoms with Crippen molar-refractivity contribution in [2.24, 2.45) is 0 Å². The Morgan fingerprint density at radius 2 is 1.16 bits per heavy atom. The molecular formula is C53H31BN2S. The van der Waals surface area contributed by atoms with Crippen LogP contribution >= 0.6 is 11.3 Å². The molecule has 0 radical (unpaired) electrons. The minimum Gasteiger partial charge on any atom is -0.375 e. The van der Waals surface area contributed by atoms with Gasteiger partial charge in [-0.25, -0.2) is 0 Å². The number of nitrogens with zero attached hydrogens (tertiary/aromatic N) is 2. The summed E-state index contributed by atoms with van der Waals surface area (Å²) < 4.78 is 5.38. The molecule has 3 aliphatic heterocycles. The molecule has 0 saturated carbocycles. The molecule has 0 atom stereocenters. The summed E-state index contributed by atoms with van der Waals surface area (Å²) in [5, 5.41) is 7.91. The van der Waals surface area contributed by atoms with Crippen molar-refractivity contribution in [3.63, 3.8) is 0 Å². The Hall–Kier alpha value is -6.88. The van der Waals surface area contributed by atoms with Crippen molar-refractivity contribution >= 4 is 98.9 Å². The summed E-state index contributed by atoms with van der Waals surface area (Å²) in [6.45, 7) is -0.0465. The van der Waals surface area contributed by atoms with Gasteiger partial charge in [0.15, 0.2) is 0 Å². The van der Waals surface area contributed by atoms with Crippen LogP contribution in [0.3, 0.4) is 0 Å². The Kier molecular flexibility index (Phi) is 5.70. The van der Waals surface area contributed by atoms with Crippen LogP contribution in [0.15, 0.2) is 188 Å². The van der Waals surface area contributed by atoms with Crippen LogP contribution < -0.4 is 15.8 Å². The van der Waals surface area contributed by atoms with Crippen molar-refractivity contribution in [2.75, 3.05) is 4.90 Å². The number of para-hydroxylation sites is 3. The molecule has 14 rings (SSSR count). The Labute approximate surface area is 333 Å². The second-order valence-corrected chi connectivity index (χ2v) is 17.0. The van der Waals surface area contributed by atoms with E-state index in [1.807, 2.05) is 11.3 Å². The van der Waals surface area contributed by atoms with E-state index in [0.717, 1.165) is 0 Å². The van der Waals surface area contributed by atoms with Crippen molar-refractivity contribution in [3.8, 4) is 11.1 Å². The molecule has 0 N–H and O–H groups in total. The van der Waals surface area contributed by atoms with Crippen LogP contribution in [-0.2, 0) is 5.41 Å². The lowest BCUT2D eigenvalue weighted by Crippen LogP contribution is -2.58. The van der Waals surface area contributed by atoms with Crippen LogP contribution in [0.4, 0.5) is 17.1 Å². The van der Waals surface area contributed by atoms with E-state index in [2.05, 4.69) is 197 Å². The number of hydrogen-bond acceptors (Lipinski definition) is 2. The standard InChI is InChI=1S/C53H31BN2S/c1-3-16-33(17-4-1)53(34-18-5-2-6-19-34)40-24-10-11-27-43(40)55-51-41(53)25-14-26-42(51)54-49-39(31-46-48(52(49)55)37-21-9-12-28-45(37)57-46)36-22-13-23-38-47-35-20-8-7-15-32(35)29-30-44(47)56(54)50(36)38/h1-31H. The number of benzene rings is 9. The summed E-state index contributed by atoms with van der Waals surface area (Å²) in [5.41, 5.74) is 16.5. The molecule has 0 amide bonds. The van der Waals surface area contributed by atoms with Crippen molar-refractivity contribution < 1.29 is 0 Å². The molecule has 0 unspecified atom stereocenters. The SMILES string of the molecule is c1ccc(C2(c3ccccc3)c3ccccc3N3c4c(cccc42)B2c4c(cc5sc6ccccc6c5c43)-c3cccc4c5c6ccccc6ccc5n2c34)cc1. The van der Waals surface area contributed by atoms with Gasteiger partial charge in [0, 0.05) is 53.2 Å². The predicted molar refractivity (Wildman–Crippen MR) is 242 cm³/mol. The van der Waals surface area contributed by atoms with E-state index in [-0.39, 0.29) is 6.85 Å². The van der Waals surface area contributed by atoms with E-state index >= 15 is 0 Å². The summed E-state index contributed by atoms with van der Waals surface area (Å²) in [6, 6.07) is 71.1. The summed E-state index contributed by atoms with van der Waals surface area (Å²) in [5.74, 6) is 0. The molecular weight excluding hydrogens is 707 g/mol. The van der Waals surface area contributed by atoms with E-state index in [9.17, 15) is 0 Å². The molecule has 0 bridgehead atoms. The van der Waals surface area contributed by atoms with E-state index in [4.69, 9.17) is 0 Å².